The zero-order valence-electron chi connectivity index (χ0n) is 10.0. The molecule has 20 heavy (non-hydrogen) atoms. The molecule has 0 aliphatic rings. The molecule has 0 aromatic heterocycles. The van der Waals surface area contributed by atoms with E-state index in [0.717, 1.165) is 0 Å². The molecule has 6 heteroatoms. The highest BCUT2D eigenvalue weighted by Gasteiger charge is 2.04. The van der Waals surface area contributed by atoms with Gasteiger partial charge in [0.2, 0.25) is 0 Å². The molecule has 0 fully saturated rings. The van der Waals surface area contributed by atoms with E-state index in [1.807, 2.05) is 12.1 Å². The van der Waals surface area contributed by atoms with E-state index in [9.17, 15) is 5.11 Å². The summed E-state index contributed by atoms with van der Waals surface area (Å²) >= 11 is 6.21. The quantitative estimate of drug-likeness (QED) is 0.704. The normalized spacial score (nSPS) is 8.80. The third kappa shape index (κ3) is 4.58. The highest BCUT2D eigenvalue weighted by atomic mass is 79.9. The van der Waals surface area contributed by atoms with Gasteiger partial charge in [-0.3, -0.25) is 0 Å². The Morgan fingerprint density at radius 3 is 1.65 bits per heavy atom. The molecule has 0 spiro atoms. The fourth-order valence-corrected chi connectivity index (χ4v) is 2.35. The summed E-state index contributed by atoms with van der Waals surface area (Å²) in [6, 6.07) is 13.1. The highest BCUT2D eigenvalue weighted by Crippen LogP contribution is 2.32. The molecule has 2 aromatic carbocycles. The lowest BCUT2D eigenvalue weighted by molar-refractivity contribution is 0.468. The molecular weight excluding hydrogens is 388 g/mol. The Balaban J connectivity index is 0.000000204. The van der Waals surface area contributed by atoms with Gasteiger partial charge in [0.05, 0.1) is 32.2 Å². The van der Waals surface area contributed by atoms with Crippen LogP contribution in [0.4, 0.5) is 0 Å². The Morgan fingerprint density at radius 2 is 1.25 bits per heavy atom. The average Bonchev–Trinajstić information content (AvgIpc) is 2.45. The second-order valence-electron chi connectivity index (χ2n) is 3.56. The molecule has 0 aliphatic heterocycles. The van der Waals surface area contributed by atoms with Crippen LogP contribution in [-0.4, -0.2) is 10.2 Å². The monoisotopic (exact) mass is 394 g/mol. The molecule has 2 N–H and O–H groups in total. The maximum absolute atomic E-state index is 9.22. The van der Waals surface area contributed by atoms with E-state index in [4.69, 9.17) is 15.6 Å². The lowest BCUT2D eigenvalue weighted by atomic mass is 10.2. The molecule has 0 unspecified atom stereocenters. The first-order valence-electron chi connectivity index (χ1n) is 5.25. The van der Waals surface area contributed by atoms with Crippen LogP contribution in [0.2, 0.25) is 0 Å². The molecule has 100 valence electrons. The van der Waals surface area contributed by atoms with Crippen molar-refractivity contribution in [3.05, 3.63) is 56.5 Å². The standard InChI is InChI=1S/C7H3Br2NO.C7H5NO/c8-5-1-4(3-10)2-6(9)7(5)11;8-5-6-1-3-7(9)4-2-6/h1-2,11H;1-4,9H. The number of halogens is 2. The fraction of sp³-hybridized carbons (Fsp3) is 0. The van der Waals surface area contributed by atoms with Gasteiger partial charge in [0, 0.05) is 0 Å². The summed E-state index contributed by atoms with van der Waals surface area (Å²) in [7, 11) is 0. The summed E-state index contributed by atoms with van der Waals surface area (Å²) in [6.45, 7) is 0. The zero-order valence-corrected chi connectivity index (χ0v) is 13.2. The first-order chi connectivity index (χ1) is 9.47. The molecule has 0 saturated heterocycles. The number of phenols is 2. The summed E-state index contributed by atoms with van der Waals surface area (Å²) in [6.07, 6.45) is 0. The molecule has 2 aromatic rings. The number of aromatic hydroxyl groups is 2. The van der Waals surface area contributed by atoms with Crippen molar-refractivity contribution < 1.29 is 10.2 Å². The van der Waals surface area contributed by atoms with E-state index in [1.54, 1.807) is 24.3 Å². The van der Waals surface area contributed by atoms with E-state index in [0.29, 0.717) is 20.1 Å². The predicted octanol–water partition coefficient (Wildman–Crippen LogP) is 4.05. The first kappa shape index (κ1) is 16.0. The predicted molar refractivity (Wildman–Crippen MR) is 81.0 cm³/mol. The number of phenolic OH excluding ortho intramolecular Hbond substituents is 2. The summed E-state index contributed by atoms with van der Waals surface area (Å²) in [5.41, 5.74) is 1.06. The van der Waals surface area contributed by atoms with Crippen LogP contribution in [0.3, 0.4) is 0 Å². The van der Waals surface area contributed by atoms with Gasteiger partial charge in [-0.15, -0.1) is 0 Å². The van der Waals surface area contributed by atoms with Gasteiger partial charge in [-0.05, 0) is 68.3 Å². The van der Waals surface area contributed by atoms with Crippen LogP contribution in [0.15, 0.2) is 45.3 Å². The Hall–Kier alpha value is -2.02. The molecule has 0 heterocycles. The van der Waals surface area contributed by atoms with Crippen LogP contribution in [-0.2, 0) is 0 Å². The second kappa shape index (κ2) is 7.54. The van der Waals surface area contributed by atoms with Gasteiger partial charge in [0.1, 0.15) is 11.5 Å². The molecule has 0 aliphatic carbocycles. The molecule has 2 rings (SSSR count). The highest BCUT2D eigenvalue weighted by molar-refractivity contribution is 9.11. The molecule has 0 radical (unpaired) electrons. The van der Waals surface area contributed by atoms with E-state index in [2.05, 4.69) is 31.9 Å². The summed E-state index contributed by atoms with van der Waals surface area (Å²) < 4.78 is 1.03. The number of rotatable bonds is 0. The van der Waals surface area contributed by atoms with Crippen molar-refractivity contribution in [2.45, 2.75) is 0 Å². The summed E-state index contributed by atoms with van der Waals surface area (Å²) in [5, 5.41) is 34.8. The minimum absolute atomic E-state index is 0.115. The smallest absolute Gasteiger partial charge is 0.144 e. The van der Waals surface area contributed by atoms with Gasteiger partial charge in [-0.2, -0.15) is 10.5 Å². The van der Waals surface area contributed by atoms with E-state index in [-0.39, 0.29) is 11.5 Å². The van der Waals surface area contributed by atoms with Crippen molar-refractivity contribution in [1.82, 2.24) is 0 Å². The molecule has 4 nitrogen and oxygen atoms in total. The van der Waals surface area contributed by atoms with Crippen LogP contribution in [0, 0.1) is 22.7 Å². The lowest BCUT2D eigenvalue weighted by Gasteiger charge is -1.99. The maximum atomic E-state index is 9.22. The van der Waals surface area contributed by atoms with Gasteiger partial charge < -0.3 is 10.2 Å². The Labute approximate surface area is 132 Å². The molecule has 0 bridgehead atoms. The third-order valence-corrected chi connectivity index (χ3v) is 3.35. The van der Waals surface area contributed by atoms with Crippen molar-refractivity contribution in [1.29, 1.82) is 10.5 Å². The summed E-state index contributed by atoms with van der Waals surface area (Å²) in [4.78, 5) is 0. The molecular formula is C14H8Br2N2O2. The van der Waals surface area contributed by atoms with Gasteiger partial charge in [0.15, 0.2) is 0 Å². The number of hydrogen-bond acceptors (Lipinski definition) is 4. The minimum Gasteiger partial charge on any atom is -0.508 e. The lowest BCUT2D eigenvalue weighted by Crippen LogP contribution is -1.76. The van der Waals surface area contributed by atoms with Gasteiger partial charge >= 0.3 is 0 Å². The van der Waals surface area contributed by atoms with E-state index >= 15 is 0 Å². The van der Waals surface area contributed by atoms with Gasteiger partial charge in [-0.1, -0.05) is 0 Å². The topological polar surface area (TPSA) is 88.0 Å². The van der Waals surface area contributed by atoms with Crippen molar-refractivity contribution in [3.63, 3.8) is 0 Å². The van der Waals surface area contributed by atoms with Gasteiger partial charge in [0.25, 0.3) is 0 Å². The molecule has 0 atom stereocenters. The maximum Gasteiger partial charge on any atom is 0.144 e. The molecule has 0 saturated carbocycles. The van der Waals surface area contributed by atoms with Crippen molar-refractivity contribution in [2.24, 2.45) is 0 Å². The third-order valence-electron chi connectivity index (χ3n) is 2.14. The van der Waals surface area contributed by atoms with Crippen LogP contribution in [0.25, 0.3) is 0 Å². The van der Waals surface area contributed by atoms with Crippen LogP contribution < -0.4 is 0 Å². The van der Waals surface area contributed by atoms with Crippen molar-refractivity contribution in [2.75, 3.05) is 0 Å². The average molecular weight is 396 g/mol. The Morgan fingerprint density at radius 1 is 0.800 bits per heavy atom. The number of hydrogen-bond donors (Lipinski definition) is 2. The van der Waals surface area contributed by atoms with Crippen molar-refractivity contribution >= 4 is 31.9 Å². The minimum atomic E-state index is 0.115. The number of nitriles is 2. The van der Waals surface area contributed by atoms with Crippen LogP contribution in [0.5, 0.6) is 11.5 Å². The van der Waals surface area contributed by atoms with E-state index < -0.39 is 0 Å². The van der Waals surface area contributed by atoms with Gasteiger partial charge in [-0.25, -0.2) is 0 Å². The number of benzene rings is 2. The second-order valence-corrected chi connectivity index (χ2v) is 5.27. The first-order valence-corrected chi connectivity index (χ1v) is 6.83. The Kier molecular flexibility index (Phi) is 6.05. The van der Waals surface area contributed by atoms with Crippen molar-refractivity contribution in [3.8, 4) is 23.6 Å². The molecule has 0 amide bonds. The largest absolute Gasteiger partial charge is 0.508 e. The van der Waals surface area contributed by atoms with Crippen LogP contribution >= 0.6 is 31.9 Å². The van der Waals surface area contributed by atoms with Crippen LogP contribution in [0.1, 0.15) is 11.1 Å². The SMILES string of the molecule is N#Cc1cc(Br)c(O)c(Br)c1.N#Cc1ccc(O)cc1. The van der Waals surface area contributed by atoms with E-state index in [1.165, 1.54) is 12.1 Å². The zero-order chi connectivity index (χ0) is 15.1. The fourth-order valence-electron chi connectivity index (χ4n) is 1.17. The summed E-state index contributed by atoms with van der Waals surface area (Å²) in [5.74, 6) is 0.304. The Bertz CT molecular complexity index is 663. The number of nitrogens with zero attached hydrogens (tertiary/aromatic N) is 2.